The van der Waals surface area contributed by atoms with E-state index in [1.54, 1.807) is 29.0 Å². The van der Waals surface area contributed by atoms with Gasteiger partial charge >= 0.3 is 0 Å². The molecule has 0 spiro atoms. The fourth-order valence-electron chi connectivity index (χ4n) is 4.55. The highest BCUT2D eigenvalue weighted by Crippen LogP contribution is 2.31. The van der Waals surface area contributed by atoms with Gasteiger partial charge < -0.3 is 19.9 Å². The van der Waals surface area contributed by atoms with Crippen molar-refractivity contribution in [3.8, 4) is 0 Å². The summed E-state index contributed by atoms with van der Waals surface area (Å²) in [7, 11) is 0. The second-order valence-corrected chi connectivity index (χ2v) is 9.08. The van der Waals surface area contributed by atoms with Gasteiger partial charge in [0.2, 0.25) is 5.91 Å². The summed E-state index contributed by atoms with van der Waals surface area (Å²) in [5.74, 6) is 1.28. The van der Waals surface area contributed by atoms with Crippen molar-refractivity contribution in [3.05, 3.63) is 30.2 Å². The summed E-state index contributed by atoms with van der Waals surface area (Å²) in [6, 6.07) is 3.42. The van der Waals surface area contributed by atoms with Crippen LogP contribution in [0.3, 0.4) is 0 Å². The van der Waals surface area contributed by atoms with E-state index in [0.29, 0.717) is 30.3 Å². The van der Waals surface area contributed by atoms with E-state index in [9.17, 15) is 9.59 Å². The molecular weight excluding hydrogens is 396 g/mol. The van der Waals surface area contributed by atoms with Crippen molar-refractivity contribution in [2.75, 3.05) is 45.9 Å². The molecule has 9 heteroatoms. The number of ether oxygens (including phenoxy) is 1. The van der Waals surface area contributed by atoms with Gasteiger partial charge in [-0.15, -0.1) is 0 Å². The zero-order valence-electron chi connectivity index (χ0n) is 17.8. The Kier molecular flexibility index (Phi) is 5.87. The number of carbonyl (C=O) groups is 2. The van der Waals surface area contributed by atoms with Crippen molar-refractivity contribution in [2.24, 2.45) is 11.8 Å². The van der Waals surface area contributed by atoms with Crippen LogP contribution in [0.25, 0.3) is 5.65 Å². The van der Waals surface area contributed by atoms with Gasteiger partial charge in [0.05, 0.1) is 6.10 Å². The standard InChI is InChI=1S/C22H30N6O3/c29-21-15-31-18(11-24-22(30)19-10-20-23-6-1-7-28(20)25-19)14-27(21)13-17-4-8-26(9-5-17)12-16-2-3-16/h1,6-7,10,16-18H,2-5,8-9,11-15H2,(H,24,30). The van der Waals surface area contributed by atoms with E-state index < -0.39 is 0 Å². The Morgan fingerprint density at radius 3 is 2.74 bits per heavy atom. The highest BCUT2D eigenvalue weighted by Gasteiger charge is 2.31. The molecule has 1 N–H and O–H groups in total. The number of fused-ring (bicyclic) bond motifs is 1. The van der Waals surface area contributed by atoms with Gasteiger partial charge in [0, 0.05) is 44.6 Å². The fraction of sp³-hybridized carbons (Fsp3) is 0.636. The van der Waals surface area contributed by atoms with Crippen molar-refractivity contribution >= 4 is 17.5 Å². The molecule has 2 aliphatic heterocycles. The highest BCUT2D eigenvalue weighted by atomic mass is 16.5. The average Bonchev–Trinajstić information content (AvgIpc) is 3.49. The molecular formula is C22H30N6O3. The van der Waals surface area contributed by atoms with Crippen LogP contribution in [0.1, 0.15) is 36.2 Å². The van der Waals surface area contributed by atoms with Crippen LogP contribution in [0.2, 0.25) is 0 Å². The molecule has 3 fully saturated rings. The number of nitrogens with zero attached hydrogens (tertiary/aromatic N) is 5. The summed E-state index contributed by atoms with van der Waals surface area (Å²) in [5, 5.41) is 7.13. The normalized spacial score (nSPS) is 23.4. The quantitative estimate of drug-likeness (QED) is 0.705. The summed E-state index contributed by atoms with van der Waals surface area (Å²) >= 11 is 0. The van der Waals surface area contributed by atoms with E-state index in [1.165, 1.54) is 19.4 Å². The highest BCUT2D eigenvalue weighted by molar-refractivity contribution is 5.93. The van der Waals surface area contributed by atoms with E-state index in [0.717, 1.165) is 38.4 Å². The molecule has 2 saturated heterocycles. The Morgan fingerprint density at radius 2 is 1.97 bits per heavy atom. The van der Waals surface area contributed by atoms with Crippen molar-refractivity contribution < 1.29 is 14.3 Å². The molecule has 9 nitrogen and oxygen atoms in total. The van der Waals surface area contributed by atoms with Gasteiger partial charge in [0.25, 0.3) is 5.91 Å². The predicted molar refractivity (Wildman–Crippen MR) is 114 cm³/mol. The SMILES string of the molecule is O=C(NCC1CN(CC2CCN(CC3CC3)CC2)C(=O)CO1)c1cc2ncccn2n1. The van der Waals surface area contributed by atoms with E-state index in [-0.39, 0.29) is 24.5 Å². The molecule has 0 radical (unpaired) electrons. The Balaban J connectivity index is 1.09. The number of aromatic nitrogens is 3. The Labute approximate surface area is 181 Å². The van der Waals surface area contributed by atoms with Crippen LogP contribution in [0.5, 0.6) is 0 Å². The molecule has 1 saturated carbocycles. The second-order valence-electron chi connectivity index (χ2n) is 9.08. The molecule has 2 aromatic heterocycles. The lowest BCUT2D eigenvalue weighted by Gasteiger charge is -2.38. The fourth-order valence-corrected chi connectivity index (χ4v) is 4.55. The maximum absolute atomic E-state index is 12.5. The first-order valence-electron chi connectivity index (χ1n) is 11.3. The molecule has 2 aromatic rings. The van der Waals surface area contributed by atoms with Gasteiger partial charge in [-0.3, -0.25) is 9.59 Å². The third-order valence-corrected chi connectivity index (χ3v) is 6.58. The monoisotopic (exact) mass is 426 g/mol. The van der Waals surface area contributed by atoms with Gasteiger partial charge in [0.15, 0.2) is 11.3 Å². The number of amides is 2. The summed E-state index contributed by atoms with van der Waals surface area (Å²) in [4.78, 5) is 33.5. The topological polar surface area (TPSA) is 92.1 Å². The van der Waals surface area contributed by atoms with Crippen LogP contribution in [0, 0.1) is 11.8 Å². The molecule has 0 aromatic carbocycles. The minimum atomic E-state index is -0.263. The number of carbonyl (C=O) groups excluding carboxylic acids is 2. The lowest BCUT2D eigenvalue weighted by molar-refractivity contribution is -0.149. The van der Waals surface area contributed by atoms with Gasteiger partial charge in [-0.1, -0.05) is 0 Å². The molecule has 0 bridgehead atoms. The first-order valence-corrected chi connectivity index (χ1v) is 11.3. The third-order valence-electron chi connectivity index (χ3n) is 6.58. The molecule has 5 rings (SSSR count). The van der Waals surface area contributed by atoms with Crippen molar-refractivity contribution in [1.82, 2.24) is 29.7 Å². The number of morpholine rings is 1. The van der Waals surface area contributed by atoms with Gasteiger partial charge in [0.1, 0.15) is 6.61 Å². The summed E-state index contributed by atoms with van der Waals surface area (Å²) in [6.07, 6.45) is 8.32. The van der Waals surface area contributed by atoms with Gasteiger partial charge in [-0.2, -0.15) is 5.10 Å². The molecule has 1 unspecified atom stereocenters. The summed E-state index contributed by atoms with van der Waals surface area (Å²) in [6.45, 7) is 5.30. The maximum atomic E-state index is 12.5. The van der Waals surface area contributed by atoms with Crippen LogP contribution in [-0.2, 0) is 9.53 Å². The molecule has 166 valence electrons. The molecule has 4 heterocycles. The van der Waals surface area contributed by atoms with Crippen LogP contribution in [0.4, 0.5) is 0 Å². The number of hydrogen-bond donors (Lipinski definition) is 1. The zero-order chi connectivity index (χ0) is 21.2. The number of likely N-dealkylation sites (tertiary alicyclic amines) is 1. The first-order chi connectivity index (χ1) is 15.1. The minimum absolute atomic E-state index is 0.0504. The van der Waals surface area contributed by atoms with Crippen molar-refractivity contribution in [3.63, 3.8) is 0 Å². The van der Waals surface area contributed by atoms with Crippen molar-refractivity contribution in [2.45, 2.75) is 31.8 Å². The lowest BCUT2D eigenvalue weighted by atomic mass is 9.95. The van der Waals surface area contributed by atoms with E-state index in [4.69, 9.17) is 4.74 Å². The van der Waals surface area contributed by atoms with E-state index in [2.05, 4.69) is 20.3 Å². The van der Waals surface area contributed by atoms with Crippen LogP contribution < -0.4 is 5.32 Å². The van der Waals surface area contributed by atoms with Crippen LogP contribution >= 0.6 is 0 Å². The Morgan fingerprint density at radius 1 is 1.16 bits per heavy atom. The molecule has 3 aliphatic rings. The number of hydrogen-bond acceptors (Lipinski definition) is 6. The van der Waals surface area contributed by atoms with Gasteiger partial charge in [-0.05, 0) is 56.7 Å². The lowest BCUT2D eigenvalue weighted by Crippen LogP contribution is -2.52. The van der Waals surface area contributed by atoms with E-state index >= 15 is 0 Å². The Hall–Kier alpha value is -2.52. The first kappa shape index (κ1) is 20.4. The second kappa shape index (κ2) is 8.92. The zero-order valence-corrected chi connectivity index (χ0v) is 17.8. The molecule has 31 heavy (non-hydrogen) atoms. The largest absolute Gasteiger partial charge is 0.365 e. The van der Waals surface area contributed by atoms with Crippen molar-refractivity contribution in [1.29, 1.82) is 0 Å². The van der Waals surface area contributed by atoms with Crippen LogP contribution in [-0.4, -0.2) is 88.2 Å². The molecule has 2 amide bonds. The third kappa shape index (κ3) is 5.04. The Bertz CT molecular complexity index is 901. The maximum Gasteiger partial charge on any atom is 0.271 e. The summed E-state index contributed by atoms with van der Waals surface area (Å²) < 4.78 is 7.24. The molecule has 1 atom stereocenters. The van der Waals surface area contributed by atoms with Crippen LogP contribution in [0.15, 0.2) is 24.5 Å². The average molecular weight is 427 g/mol. The predicted octanol–water partition coefficient (Wildman–Crippen LogP) is 0.809. The minimum Gasteiger partial charge on any atom is -0.365 e. The molecule has 1 aliphatic carbocycles. The van der Waals surface area contributed by atoms with E-state index in [1.807, 2.05) is 4.90 Å². The van der Waals surface area contributed by atoms with Gasteiger partial charge in [-0.25, -0.2) is 9.50 Å². The number of rotatable bonds is 7. The number of nitrogens with one attached hydrogen (secondary N) is 1. The number of piperidine rings is 1. The smallest absolute Gasteiger partial charge is 0.271 e. The summed E-state index contributed by atoms with van der Waals surface area (Å²) in [5.41, 5.74) is 0.946.